The van der Waals surface area contributed by atoms with Gasteiger partial charge in [0.2, 0.25) is 0 Å². The van der Waals surface area contributed by atoms with Gasteiger partial charge in [0.1, 0.15) is 5.82 Å². The van der Waals surface area contributed by atoms with E-state index in [1.165, 1.54) is 12.5 Å². The van der Waals surface area contributed by atoms with Crippen molar-refractivity contribution in [1.29, 1.82) is 0 Å². The average Bonchev–Trinajstić information content (AvgIpc) is 3.40. The minimum absolute atomic E-state index is 0.178. The number of hydrogen-bond acceptors (Lipinski definition) is 2. The van der Waals surface area contributed by atoms with E-state index in [1.54, 1.807) is 16.9 Å². The number of nitrogens with zero attached hydrogens (tertiary/aromatic N) is 3. The Balaban J connectivity index is 1.47. The van der Waals surface area contributed by atoms with E-state index in [4.69, 9.17) is 0 Å². The van der Waals surface area contributed by atoms with Gasteiger partial charge in [-0.1, -0.05) is 43.5 Å². The molecule has 0 unspecified atom stereocenters. The minimum atomic E-state index is -0.362. The molecule has 0 bridgehead atoms. The molecule has 1 aliphatic rings. The van der Waals surface area contributed by atoms with E-state index in [2.05, 4.69) is 22.5 Å². The number of halogens is 1. The number of carbonyl (C=O) groups excluding carboxylic acids is 1. The molecule has 1 aliphatic carbocycles. The van der Waals surface area contributed by atoms with Crippen LogP contribution in [0.2, 0.25) is 0 Å². The highest BCUT2D eigenvalue weighted by atomic mass is 19.1. The van der Waals surface area contributed by atoms with Gasteiger partial charge in [-0.25, -0.2) is 4.39 Å². The molecular weight excluding hydrogens is 403 g/mol. The van der Waals surface area contributed by atoms with Crippen LogP contribution in [0.5, 0.6) is 0 Å². The van der Waals surface area contributed by atoms with Crippen LogP contribution in [0.25, 0.3) is 22.0 Å². The number of rotatable bonds is 5. The van der Waals surface area contributed by atoms with Gasteiger partial charge in [-0.3, -0.25) is 9.48 Å². The number of benzene rings is 2. The van der Waals surface area contributed by atoms with Crippen LogP contribution in [0.3, 0.4) is 0 Å². The molecule has 0 spiro atoms. The standard InChI is InChI=1S/C26H27FN4O/c1-30-16-20(14-28-30)19-8-5-7-18(13-19)15-31-17-22(25-23(27)11-6-12-24(25)31)26(32)29-21-9-3-2-4-10-21/h5-8,11-14,16-17,21H,2-4,9-10,15H2,1H3,(H,29,32). The largest absolute Gasteiger partial charge is 0.349 e. The first kappa shape index (κ1) is 20.5. The smallest absolute Gasteiger partial charge is 0.253 e. The van der Waals surface area contributed by atoms with Gasteiger partial charge >= 0.3 is 0 Å². The molecule has 0 radical (unpaired) electrons. The maximum Gasteiger partial charge on any atom is 0.253 e. The lowest BCUT2D eigenvalue weighted by atomic mass is 9.95. The van der Waals surface area contributed by atoms with Crippen molar-refractivity contribution in [3.8, 4) is 11.1 Å². The third-order valence-electron chi connectivity index (χ3n) is 6.36. The SMILES string of the molecule is Cn1cc(-c2cccc(Cn3cc(C(=O)NC4CCCCC4)c4c(F)cccc43)c2)cn1. The van der Waals surface area contributed by atoms with Gasteiger partial charge in [-0.05, 0) is 42.2 Å². The quantitative estimate of drug-likeness (QED) is 0.468. The molecule has 5 nitrogen and oxygen atoms in total. The Labute approximate surface area is 186 Å². The molecule has 0 atom stereocenters. The Hall–Kier alpha value is -3.41. The van der Waals surface area contributed by atoms with E-state index in [1.807, 2.05) is 42.2 Å². The van der Waals surface area contributed by atoms with E-state index < -0.39 is 0 Å². The fraction of sp³-hybridized carbons (Fsp3) is 0.308. The second kappa shape index (κ2) is 8.61. The molecule has 0 saturated heterocycles. The molecular formula is C26H27FN4O. The summed E-state index contributed by atoms with van der Waals surface area (Å²) in [5, 5.41) is 7.78. The molecule has 2 heterocycles. The van der Waals surface area contributed by atoms with Gasteiger partial charge < -0.3 is 9.88 Å². The van der Waals surface area contributed by atoms with Crippen molar-refractivity contribution in [2.45, 2.75) is 44.7 Å². The van der Waals surface area contributed by atoms with Crippen molar-refractivity contribution >= 4 is 16.8 Å². The normalized spacial score (nSPS) is 14.7. The fourth-order valence-corrected chi connectivity index (χ4v) is 4.74. The van der Waals surface area contributed by atoms with Gasteiger partial charge in [-0.15, -0.1) is 0 Å². The monoisotopic (exact) mass is 430 g/mol. The van der Waals surface area contributed by atoms with Crippen LogP contribution in [0.15, 0.2) is 61.1 Å². The maximum absolute atomic E-state index is 14.8. The highest BCUT2D eigenvalue weighted by molar-refractivity contribution is 6.07. The first-order valence-electron chi connectivity index (χ1n) is 11.2. The lowest BCUT2D eigenvalue weighted by Crippen LogP contribution is -2.36. The molecule has 1 fully saturated rings. The van der Waals surface area contributed by atoms with Gasteiger partial charge in [0.15, 0.2) is 0 Å². The predicted molar refractivity (Wildman–Crippen MR) is 124 cm³/mol. The van der Waals surface area contributed by atoms with Crippen LogP contribution in [-0.2, 0) is 13.6 Å². The third kappa shape index (κ3) is 4.05. The number of aromatic nitrogens is 3. The number of carbonyl (C=O) groups is 1. The summed E-state index contributed by atoms with van der Waals surface area (Å²) in [7, 11) is 1.90. The molecule has 6 heteroatoms. The molecule has 1 saturated carbocycles. The van der Waals surface area contributed by atoms with Crippen LogP contribution in [0.1, 0.15) is 48.0 Å². The molecule has 164 valence electrons. The summed E-state index contributed by atoms with van der Waals surface area (Å²) >= 11 is 0. The summed E-state index contributed by atoms with van der Waals surface area (Å²) in [4.78, 5) is 13.1. The zero-order valence-corrected chi connectivity index (χ0v) is 18.2. The Morgan fingerprint density at radius 2 is 1.91 bits per heavy atom. The second-order valence-corrected chi connectivity index (χ2v) is 8.72. The van der Waals surface area contributed by atoms with Crippen molar-refractivity contribution in [3.63, 3.8) is 0 Å². The van der Waals surface area contributed by atoms with Crippen LogP contribution in [0.4, 0.5) is 4.39 Å². The molecule has 2 aromatic heterocycles. The molecule has 1 amide bonds. The number of aryl methyl sites for hydroxylation is 1. The topological polar surface area (TPSA) is 51.9 Å². The molecule has 32 heavy (non-hydrogen) atoms. The summed E-state index contributed by atoms with van der Waals surface area (Å²) < 4.78 is 18.6. The highest BCUT2D eigenvalue weighted by Crippen LogP contribution is 2.27. The van der Waals surface area contributed by atoms with Crippen molar-refractivity contribution in [2.24, 2.45) is 7.05 Å². The number of amides is 1. The van der Waals surface area contributed by atoms with E-state index >= 15 is 0 Å². The van der Waals surface area contributed by atoms with E-state index in [-0.39, 0.29) is 17.8 Å². The molecule has 0 aliphatic heterocycles. The van der Waals surface area contributed by atoms with Crippen LogP contribution >= 0.6 is 0 Å². The first-order chi connectivity index (χ1) is 15.6. The summed E-state index contributed by atoms with van der Waals surface area (Å²) in [6.45, 7) is 0.546. The van der Waals surface area contributed by atoms with Crippen molar-refractivity contribution < 1.29 is 9.18 Å². The minimum Gasteiger partial charge on any atom is -0.349 e. The zero-order chi connectivity index (χ0) is 22.1. The molecule has 1 N–H and O–H groups in total. The fourth-order valence-electron chi connectivity index (χ4n) is 4.74. The summed E-state index contributed by atoms with van der Waals surface area (Å²) in [6, 6.07) is 13.4. The van der Waals surface area contributed by atoms with Gasteiger partial charge in [0, 0.05) is 43.0 Å². The Bertz CT molecular complexity index is 1270. The van der Waals surface area contributed by atoms with Crippen LogP contribution in [0, 0.1) is 5.82 Å². The molecule has 4 aromatic rings. The second-order valence-electron chi connectivity index (χ2n) is 8.72. The van der Waals surface area contributed by atoms with E-state index in [0.29, 0.717) is 17.5 Å². The summed E-state index contributed by atoms with van der Waals surface area (Å²) in [6.07, 6.45) is 11.1. The third-order valence-corrected chi connectivity index (χ3v) is 6.36. The van der Waals surface area contributed by atoms with Crippen LogP contribution < -0.4 is 5.32 Å². The zero-order valence-electron chi connectivity index (χ0n) is 18.2. The number of fused-ring (bicyclic) bond motifs is 1. The molecule has 5 rings (SSSR count). The Morgan fingerprint density at radius 3 is 2.69 bits per heavy atom. The van der Waals surface area contributed by atoms with Gasteiger partial charge in [-0.2, -0.15) is 5.10 Å². The van der Waals surface area contributed by atoms with Crippen molar-refractivity contribution in [2.75, 3.05) is 0 Å². The Morgan fingerprint density at radius 1 is 1.09 bits per heavy atom. The van der Waals surface area contributed by atoms with E-state index in [0.717, 1.165) is 47.9 Å². The number of hydrogen-bond donors (Lipinski definition) is 1. The number of nitrogens with one attached hydrogen (secondary N) is 1. The van der Waals surface area contributed by atoms with Crippen molar-refractivity contribution in [3.05, 3.63) is 78.0 Å². The predicted octanol–water partition coefficient (Wildman–Crippen LogP) is 5.29. The Kier molecular flexibility index (Phi) is 5.52. The maximum atomic E-state index is 14.8. The summed E-state index contributed by atoms with van der Waals surface area (Å²) in [5.41, 5.74) is 4.34. The highest BCUT2D eigenvalue weighted by Gasteiger charge is 2.22. The molecule has 2 aromatic carbocycles. The lowest BCUT2D eigenvalue weighted by molar-refractivity contribution is 0.0929. The van der Waals surface area contributed by atoms with Gasteiger partial charge in [0.05, 0.1) is 17.3 Å². The van der Waals surface area contributed by atoms with Crippen LogP contribution in [-0.4, -0.2) is 26.3 Å². The summed E-state index contributed by atoms with van der Waals surface area (Å²) in [5.74, 6) is -0.547. The first-order valence-corrected chi connectivity index (χ1v) is 11.2. The van der Waals surface area contributed by atoms with E-state index in [9.17, 15) is 9.18 Å². The van der Waals surface area contributed by atoms with Gasteiger partial charge in [0.25, 0.3) is 5.91 Å². The average molecular weight is 431 g/mol. The lowest BCUT2D eigenvalue weighted by Gasteiger charge is -2.22. The van der Waals surface area contributed by atoms with Crippen molar-refractivity contribution in [1.82, 2.24) is 19.7 Å².